The van der Waals surface area contributed by atoms with Crippen LogP contribution in [0.2, 0.25) is 0 Å². The number of rotatable bonds is 1. The summed E-state index contributed by atoms with van der Waals surface area (Å²) in [4.78, 5) is 14.3. The summed E-state index contributed by atoms with van der Waals surface area (Å²) in [6, 6.07) is 1.82. The highest BCUT2D eigenvalue weighted by atomic mass is 32.2. The first kappa shape index (κ1) is 12.2. The molecule has 1 amide bonds. The second-order valence-corrected chi connectivity index (χ2v) is 7.44. The number of nitrogens with zero attached hydrogens (tertiary/aromatic N) is 1. The van der Waals surface area contributed by atoms with Gasteiger partial charge >= 0.3 is 0 Å². The van der Waals surface area contributed by atoms with E-state index < -0.39 is 0 Å². The summed E-state index contributed by atoms with van der Waals surface area (Å²) in [6.45, 7) is 0.876. The van der Waals surface area contributed by atoms with Crippen molar-refractivity contribution >= 4 is 29.4 Å². The minimum absolute atomic E-state index is 0.260. The summed E-state index contributed by atoms with van der Waals surface area (Å²) in [7, 11) is 0. The minimum Gasteiger partial charge on any atom is -0.354 e. The monoisotopic (exact) mass is 272 g/mol. The molecule has 0 aliphatic carbocycles. The van der Waals surface area contributed by atoms with Crippen LogP contribution in [0, 0.1) is 0 Å². The fraction of sp³-hybridized carbons (Fsp3) is 0.917. The first-order valence-corrected chi connectivity index (χ1v) is 8.85. The molecule has 0 aromatic heterocycles. The SMILES string of the molecule is O=C1C[C@H]2CC[C@@H](CN1)N2C1CSCCSC1. The zero-order valence-electron chi connectivity index (χ0n) is 10.1. The largest absolute Gasteiger partial charge is 0.354 e. The number of carbonyl (C=O) groups is 1. The number of thioether (sulfide) groups is 2. The molecule has 96 valence electrons. The van der Waals surface area contributed by atoms with E-state index in [2.05, 4.69) is 33.7 Å². The van der Waals surface area contributed by atoms with E-state index in [4.69, 9.17) is 0 Å². The lowest BCUT2D eigenvalue weighted by molar-refractivity contribution is -0.121. The van der Waals surface area contributed by atoms with E-state index in [0.717, 1.165) is 13.0 Å². The maximum absolute atomic E-state index is 11.6. The summed E-state index contributed by atoms with van der Waals surface area (Å²) in [5.74, 6) is 5.36. The number of hydrogen-bond donors (Lipinski definition) is 1. The Morgan fingerprint density at radius 2 is 1.76 bits per heavy atom. The number of carbonyl (C=O) groups excluding carboxylic acids is 1. The van der Waals surface area contributed by atoms with Crippen LogP contribution in [0.25, 0.3) is 0 Å². The minimum atomic E-state index is 0.260. The van der Waals surface area contributed by atoms with E-state index in [0.29, 0.717) is 18.1 Å². The summed E-state index contributed by atoms with van der Waals surface area (Å²) in [5, 5.41) is 3.07. The zero-order valence-corrected chi connectivity index (χ0v) is 11.7. The van der Waals surface area contributed by atoms with Crippen molar-refractivity contribution in [1.29, 1.82) is 0 Å². The average Bonchev–Trinajstić information content (AvgIpc) is 2.52. The molecule has 3 saturated heterocycles. The van der Waals surface area contributed by atoms with Gasteiger partial charge in [-0.15, -0.1) is 0 Å². The Labute approximate surface area is 111 Å². The Hall–Kier alpha value is 0.130. The van der Waals surface area contributed by atoms with Crippen molar-refractivity contribution in [1.82, 2.24) is 10.2 Å². The van der Waals surface area contributed by atoms with Crippen molar-refractivity contribution in [3.63, 3.8) is 0 Å². The molecule has 2 bridgehead atoms. The smallest absolute Gasteiger partial charge is 0.221 e. The molecule has 1 N–H and O–H groups in total. The quantitative estimate of drug-likeness (QED) is 0.777. The molecule has 2 atom stereocenters. The maximum Gasteiger partial charge on any atom is 0.221 e. The lowest BCUT2D eigenvalue weighted by Crippen LogP contribution is -2.47. The van der Waals surface area contributed by atoms with Gasteiger partial charge in [-0.3, -0.25) is 9.69 Å². The van der Waals surface area contributed by atoms with Gasteiger partial charge in [0.05, 0.1) is 0 Å². The van der Waals surface area contributed by atoms with Crippen LogP contribution in [0.1, 0.15) is 19.3 Å². The molecule has 3 aliphatic rings. The first-order chi connectivity index (χ1) is 8.34. The van der Waals surface area contributed by atoms with Gasteiger partial charge in [-0.1, -0.05) is 0 Å². The Morgan fingerprint density at radius 1 is 1.06 bits per heavy atom. The second kappa shape index (κ2) is 5.41. The number of nitrogens with one attached hydrogen (secondary N) is 1. The highest BCUT2D eigenvalue weighted by Crippen LogP contribution is 2.33. The molecule has 3 fully saturated rings. The standard InChI is InChI=1S/C12H20N2OS2/c15-12-5-9-1-2-10(6-13-12)14(9)11-7-16-3-4-17-8-11/h9-11H,1-8H2,(H,13,15)/t9-,10+/m1/s1. The van der Waals surface area contributed by atoms with Crippen molar-refractivity contribution < 1.29 is 4.79 Å². The Kier molecular flexibility index (Phi) is 3.87. The topological polar surface area (TPSA) is 32.3 Å². The third-order valence-electron chi connectivity index (χ3n) is 4.05. The van der Waals surface area contributed by atoms with Crippen molar-refractivity contribution in [2.45, 2.75) is 37.4 Å². The molecule has 0 unspecified atom stereocenters. The normalized spacial score (nSPS) is 36.4. The third kappa shape index (κ3) is 2.61. The lowest BCUT2D eigenvalue weighted by atomic mass is 10.1. The predicted octanol–water partition coefficient (Wildman–Crippen LogP) is 1.19. The van der Waals surface area contributed by atoms with Crippen LogP contribution in [0.4, 0.5) is 0 Å². The van der Waals surface area contributed by atoms with E-state index in [-0.39, 0.29) is 5.91 Å². The van der Waals surface area contributed by atoms with Gasteiger partial charge in [0.1, 0.15) is 0 Å². The van der Waals surface area contributed by atoms with Gasteiger partial charge in [0, 0.05) is 54.1 Å². The Bertz CT molecular complexity index is 292. The first-order valence-electron chi connectivity index (χ1n) is 6.54. The van der Waals surface area contributed by atoms with Gasteiger partial charge in [0.15, 0.2) is 0 Å². The average molecular weight is 272 g/mol. The molecule has 3 heterocycles. The molecule has 0 spiro atoms. The molecular weight excluding hydrogens is 252 g/mol. The molecule has 0 aromatic rings. The van der Waals surface area contributed by atoms with Crippen molar-refractivity contribution in [3.05, 3.63) is 0 Å². The number of hydrogen-bond acceptors (Lipinski definition) is 4. The molecule has 0 saturated carbocycles. The number of amides is 1. The Morgan fingerprint density at radius 3 is 2.53 bits per heavy atom. The van der Waals surface area contributed by atoms with Gasteiger partial charge < -0.3 is 5.32 Å². The molecule has 3 aliphatic heterocycles. The summed E-state index contributed by atoms with van der Waals surface area (Å²) < 4.78 is 0. The molecule has 0 aromatic carbocycles. The molecule has 17 heavy (non-hydrogen) atoms. The van der Waals surface area contributed by atoms with E-state index in [1.54, 1.807) is 0 Å². The van der Waals surface area contributed by atoms with Crippen LogP contribution in [-0.4, -0.2) is 58.5 Å². The molecule has 5 heteroatoms. The van der Waals surface area contributed by atoms with E-state index in [1.807, 2.05) is 0 Å². The Balaban J connectivity index is 1.74. The molecule has 3 rings (SSSR count). The van der Waals surface area contributed by atoms with E-state index in [1.165, 1.54) is 35.9 Å². The van der Waals surface area contributed by atoms with E-state index >= 15 is 0 Å². The highest BCUT2D eigenvalue weighted by Gasteiger charge is 2.41. The van der Waals surface area contributed by atoms with Crippen LogP contribution >= 0.6 is 23.5 Å². The van der Waals surface area contributed by atoms with Gasteiger partial charge in [-0.2, -0.15) is 23.5 Å². The highest BCUT2D eigenvalue weighted by molar-refractivity contribution is 8.03. The zero-order chi connectivity index (χ0) is 11.7. The van der Waals surface area contributed by atoms with E-state index in [9.17, 15) is 4.79 Å². The van der Waals surface area contributed by atoms with Crippen molar-refractivity contribution in [2.24, 2.45) is 0 Å². The van der Waals surface area contributed by atoms with Gasteiger partial charge in [-0.05, 0) is 12.8 Å². The lowest BCUT2D eigenvalue weighted by Gasteiger charge is -2.34. The fourth-order valence-corrected chi connectivity index (χ4v) is 5.84. The van der Waals surface area contributed by atoms with Gasteiger partial charge in [-0.25, -0.2) is 0 Å². The molecular formula is C12H20N2OS2. The van der Waals surface area contributed by atoms with Crippen LogP contribution in [0.5, 0.6) is 0 Å². The number of fused-ring (bicyclic) bond motifs is 2. The summed E-state index contributed by atoms with van der Waals surface area (Å²) in [6.07, 6.45) is 3.23. The van der Waals surface area contributed by atoms with Crippen LogP contribution in [0.15, 0.2) is 0 Å². The third-order valence-corrected chi connectivity index (χ3v) is 6.53. The van der Waals surface area contributed by atoms with Crippen LogP contribution in [-0.2, 0) is 4.79 Å². The van der Waals surface area contributed by atoms with Gasteiger partial charge in [0.2, 0.25) is 5.91 Å². The fourth-order valence-electron chi connectivity index (χ4n) is 3.29. The molecule has 3 nitrogen and oxygen atoms in total. The summed E-state index contributed by atoms with van der Waals surface area (Å²) >= 11 is 4.18. The van der Waals surface area contributed by atoms with Crippen molar-refractivity contribution in [2.75, 3.05) is 29.6 Å². The van der Waals surface area contributed by atoms with Gasteiger partial charge in [0.25, 0.3) is 0 Å². The maximum atomic E-state index is 11.6. The molecule has 0 radical (unpaired) electrons. The van der Waals surface area contributed by atoms with Crippen LogP contribution in [0.3, 0.4) is 0 Å². The second-order valence-electron chi connectivity index (χ2n) is 5.14. The summed E-state index contributed by atoms with van der Waals surface area (Å²) in [5.41, 5.74) is 0. The van der Waals surface area contributed by atoms with Crippen LogP contribution < -0.4 is 5.32 Å². The predicted molar refractivity (Wildman–Crippen MR) is 74.7 cm³/mol. The van der Waals surface area contributed by atoms with Crippen molar-refractivity contribution in [3.8, 4) is 0 Å².